The molecule has 4 aliphatic rings. The summed E-state index contributed by atoms with van der Waals surface area (Å²) in [5.74, 6) is -0.293. The number of Topliss-reactive ketones (excluding diaryl/α,β-unsaturated/α-hetero) is 3. The van der Waals surface area contributed by atoms with Gasteiger partial charge in [-0.05, 0) is 48.6 Å². The fraction of sp³-hybridized carbons (Fsp3) is 0.250. The smallest absolute Gasteiger partial charge is 0.166 e. The molecule has 0 saturated carbocycles. The monoisotopic (exact) mass is 534 g/mol. The molecule has 0 spiro atoms. The van der Waals surface area contributed by atoms with Gasteiger partial charge >= 0.3 is 0 Å². The van der Waals surface area contributed by atoms with E-state index in [-0.39, 0.29) is 42.4 Å². The molecule has 0 aliphatic carbocycles. The normalized spacial score (nSPS) is 18.9. The zero-order valence-electron chi connectivity index (χ0n) is 23.0. The molecular formula is C32H30N4O4. The highest BCUT2D eigenvalue weighted by molar-refractivity contribution is 6.35. The van der Waals surface area contributed by atoms with E-state index in [1.54, 1.807) is 69.4 Å². The molecule has 5 heterocycles. The van der Waals surface area contributed by atoms with E-state index in [9.17, 15) is 19.5 Å². The number of H-pyrrole nitrogens is 1. The van der Waals surface area contributed by atoms with Crippen LogP contribution in [0.25, 0.3) is 11.1 Å². The quantitative estimate of drug-likeness (QED) is 0.423. The molecule has 8 nitrogen and oxygen atoms in total. The zero-order valence-corrected chi connectivity index (χ0v) is 23.0. The number of aliphatic imine (C=N–C) groups is 3. The summed E-state index contributed by atoms with van der Waals surface area (Å²) >= 11 is 0. The number of aliphatic hydroxyl groups is 1. The Morgan fingerprint density at radius 1 is 0.600 bits per heavy atom. The molecule has 0 fully saturated rings. The number of hydrogen-bond acceptors (Lipinski definition) is 7. The van der Waals surface area contributed by atoms with E-state index in [1.165, 1.54) is 0 Å². The minimum Gasteiger partial charge on any atom is -0.512 e. The Morgan fingerprint density at radius 2 is 1.00 bits per heavy atom. The number of nitrogens with one attached hydrogen (secondary N) is 1. The summed E-state index contributed by atoms with van der Waals surface area (Å²) in [6.45, 7) is 7.16. The lowest BCUT2D eigenvalue weighted by molar-refractivity contribution is -0.115. The van der Waals surface area contributed by atoms with Crippen LogP contribution in [0.3, 0.4) is 0 Å². The van der Waals surface area contributed by atoms with Crippen LogP contribution < -0.4 is 0 Å². The van der Waals surface area contributed by atoms with Crippen LogP contribution in [0.5, 0.6) is 0 Å². The first-order valence-electron chi connectivity index (χ1n) is 13.6. The molecule has 0 atom stereocenters. The number of allylic oxidation sites excluding steroid dienone is 11. The van der Waals surface area contributed by atoms with Crippen molar-refractivity contribution in [2.75, 3.05) is 0 Å². The number of aliphatic hydroxyl groups excluding tert-OH is 1. The first-order chi connectivity index (χ1) is 19.3. The molecule has 40 heavy (non-hydrogen) atoms. The second kappa shape index (κ2) is 10.8. The summed E-state index contributed by atoms with van der Waals surface area (Å²) in [5, 5.41) is 10.9. The van der Waals surface area contributed by atoms with Gasteiger partial charge in [-0.15, -0.1) is 0 Å². The van der Waals surface area contributed by atoms with Gasteiger partial charge in [0.1, 0.15) is 5.76 Å². The molecule has 8 bridgehead atoms. The largest absolute Gasteiger partial charge is 0.512 e. The fourth-order valence-corrected chi connectivity index (χ4v) is 5.02. The van der Waals surface area contributed by atoms with Crippen molar-refractivity contribution in [3.63, 3.8) is 0 Å². The minimum atomic E-state index is -0.141. The molecule has 4 aliphatic heterocycles. The molecule has 0 unspecified atom stereocenters. The Balaban J connectivity index is 1.88. The van der Waals surface area contributed by atoms with E-state index in [0.717, 1.165) is 0 Å². The lowest BCUT2D eigenvalue weighted by atomic mass is 10.0. The number of aromatic amines is 1. The third-order valence-corrected chi connectivity index (χ3v) is 7.10. The maximum absolute atomic E-state index is 13.2. The number of carbonyl (C=O) groups is 3. The SMILES string of the molecule is CCC(=O)C1=C2C=CC(=N2)/C(=C(/O)CC)C2=NC(=C(C(=O)CC)c3ccc([nH]3)C(C(=O)CC)=C3C=CC1=N3)C=C2. The molecule has 1 aromatic rings. The van der Waals surface area contributed by atoms with Crippen molar-refractivity contribution in [2.45, 2.75) is 53.4 Å². The number of nitrogens with zero attached hydrogens (tertiary/aromatic N) is 3. The lowest BCUT2D eigenvalue weighted by Gasteiger charge is -2.10. The molecule has 0 amide bonds. The van der Waals surface area contributed by atoms with E-state index in [2.05, 4.69) is 4.98 Å². The van der Waals surface area contributed by atoms with Gasteiger partial charge in [0, 0.05) is 25.7 Å². The van der Waals surface area contributed by atoms with Crippen molar-refractivity contribution in [1.82, 2.24) is 4.98 Å². The predicted octanol–water partition coefficient (Wildman–Crippen LogP) is 5.90. The van der Waals surface area contributed by atoms with E-state index >= 15 is 0 Å². The fourth-order valence-electron chi connectivity index (χ4n) is 5.02. The number of carbonyl (C=O) groups excluding carboxylic acids is 3. The Hall–Kier alpha value is -4.72. The standard InChI is InChI=1S/C32H30N4O4/c1-5-25(37)29-17-9-11-19(33-17)30(26(38)6-2)21-13-15-23(35-21)32(28(40)8-4)24-16-14-22(36-24)31(27(39)7-3)20-12-10-18(29)34-20/h9-16,33,39H,5-8H2,1-4H3/b29-18?,30-21?,31-27+,32-24?. The van der Waals surface area contributed by atoms with Crippen LogP contribution in [0.2, 0.25) is 0 Å². The predicted molar refractivity (Wildman–Crippen MR) is 157 cm³/mol. The molecule has 2 N–H and O–H groups in total. The average molecular weight is 535 g/mol. The summed E-state index contributed by atoms with van der Waals surface area (Å²) in [4.78, 5) is 57.1. The van der Waals surface area contributed by atoms with Crippen LogP contribution >= 0.6 is 0 Å². The van der Waals surface area contributed by atoms with Crippen LogP contribution in [0, 0.1) is 0 Å². The van der Waals surface area contributed by atoms with Crippen LogP contribution in [-0.2, 0) is 14.4 Å². The molecule has 202 valence electrons. The first kappa shape index (κ1) is 26.9. The topological polar surface area (TPSA) is 124 Å². The highest BCUT2D eigenvalue weighted by Gasteiger charge is 2.29. The van der Waals surface area contributed by atoms with E-state index in [4.69, 9.17) is 15.0 Å². The van der Waals surface area contributed by atoms with Gasteiger partial charge in [-0.3, -0.25) is 14.4 Å². The van der Waals surface area contributed by atoms with Gasteiger partial charge in [0.05, 0.1) is 67.9 Å². The summed E-state index contributed by atoms with van der Waals surface area (Å²) in [5.41, 5.74) is 5.23. The van der Waals surface area contributed by atoms with Crippen LogP contribution in [-0.4, -0.2) is 44.6 Å². The van der Waals surface area contributed by atoms with Gasteiger partial charge in [0.15, 0.2) is 17.3 Å². The summed E-state index contributed by atoms with van der Waals surface area (Å²) in [7, 11) is 0. The van der Waals surface area contributed by atoms with Crippen LogP contribution in [0.15, 0.2) is 97.6 Å². The van der Waals surface area contributed by atoms with Gasteiger partial charge in [0.2, 0.25) is 0 Å². The zero-order chi connectivity index (χ0) is 28.6. The Kier molecular flexibility index (Phi) is 7.26. The van der Waals surface area contributed by atoms with Crippen molar-refractivity contribution >= 4 is 45.6 Å². The van der Waals surface area contributed by atoms with Gasteiger partial charge < -0.3 is 10.1 Å². The van der Waals surface area contributed by atoms with Crippen molar-refractivity contribution in [2.24, 2.45) is 15.0 Å². The highest BCUT2D eigenvalue weighted by atomic mass is 16.3. The maximum atomic E-state index is 13.2. The Bertz CT molecular complexity index is 1680. The number of hydrogen-bond donors (Lipinski definition) is 2. The van der Waals surface area contributed by atoms with Gasteiger partial charge in [0.25, 0.3) is 0 Å². The highest BCUT2D eigenvalue weighted by Crippen LogP contribution is 2.33. The van der Waals surface area contributed by atoms with Gasteiger partial charge in [-0.1, -0.05) is 27.7 Å². The second-order valence-electron chi connectivity index (χ2n) is 9.56. The third-order valence-electron chi connectivity index (χ3n) is 7.10. The van der Waals surface area contributed by atoms with E-state index in [0.29, 0.717) is 74.3 Å². The van der Waals surface area contributed by atoms with Crippen molar-refractivity contribution in [3.8, 4) is 0 Å². The molecule has 0 aromatic carbocycles. The molecule has 5 rings (SSSR count). The number of rotatable bonds is 7. The summed E-state index contributed by atoms with van der Waals surface area (Å²) in [6, 6.07) is 3.53. The Morgan fingerprint density at radius 3 is 1.45 bits per heavy atom. The van der Waals surface area contributed by atoms with Crippen molar-refractivity contribution in [1.29, 1.82) is 0 Å². The molecule has 0 saturated heterocycles. The minimum absolute atomic E-state index is 0.0929. The van der Waals surface area contributed by atoms with Crippen LogP contribution in [0.4, 0.5) is 0 Å². The summed E-state index contributed by atoms with van der Waals surface area (Å²) < 4.78 is 0. The van der Waals surface area contributed by atoms with Crippen molar-refractivity contribution in [3.05, 3.63) is 94.0 Å². The average Bonchev–Trinajstić information content (AvgIpc) is 3.78. The second-order valence-corrected chi connectivity index (χ2v) is 9.56. The molecule has 0 radical (unpaired) electrons. The van der Waals surface area contributed by atoms with E-state index < -0.39 is 0 Å². The van der Waals surface area contributed by atoms with Crippen LogP contribution in [0.1, 0.15) is 64.8 Å². The van der Waals surface area contributed by atoms with Gasteiger partial charge in [-0.2, -0.15) is 0 Å². The van der Waals surface area contributed by atoms with Gasteiger partial charge in [-0.25, -0.2) is 15.0 Å². The molecule has 8 heteroatoms. The Labute approximate surface area is 232 Å². The number of fused-ring (bicyclic) bond motifs is 5. The number of ketones is 3. The third kappa shape index (κ3) is 4.55. The number of aromatic nitrogens is 1. The van der Waals surface area contributed by atoms with E-state index in [1.807, 2.05) is 6.92 Å². The molecular weight excluding hydrogens is 504 g/mol. The van der Waals surface area contributed by atoms with Crippen molar-refractivity contribution < 1.29 is 19.5 Å². The maximum Gasteiger partial charge on any atom is 0.166 e. The lowest BCUT2D eigenvalue weighted by Crippen LogP contribution is -2.13. The molecule has 1 aromatic heterocycles. The first-order valence-corrected chi connectivity index (χ1v) is 13.6. The summed E-state index contributed by atoms with van der Waals surface area (Å²) in [6.07, 6.45) is 11.5.